The molecule has 4 nitrogen and oxygen atoms in total. The summed E-state index contributed by atoms with van der Waals surface area (Å²) in [6, 6.07) is 6.28. The Morgan fingerprint density at radius 2 is 2.17 bits per heavy atom. The molecule has 1 aliphatic carbocycles. The number of fused-ring (bicyclic) bond motifs is 1. The summed E-state index contributed by atoms with van der Waals surface area (Å²) in [6.07, 6.45) is 2.47. The van der Waals surface area contributed by atoms with Crippen LogP contribution in [0.15, 0.2) is 27.4 Å². The predicted molar refractivity (Wildman–Crippen MR) is 71.8 cm³/mol. The van der Waals surface area contributed by atoms with Crippen LogP contribution in [0.4, 0.5) is 5.69 Å². The summed E-state index contributed by atoms with van der Waals surface area (Å²) in [6.45, 7) is 4.56. The van der Waals surface area contributed by atoms with Crippen LogP contribution >= 0.6 is 0 Å². The van der Waals surface area contributed by atoms with Gasteiger partial charge in [-0.3, -0.25) is 4.98 Å². The van der Waals surface area contributed by atoms with Gasteiger partial charge in [0.2, 0.25) is 0 Å². The van der Waals surface area contributed by atoms with E-state index in [1.54, 1.807) is 0 Å². The number of aromatic amines is 1. The largest absolute Gasteiger partial charge is 0.417 e. The van der Waals surface area contributed by atoms with E-state index in [4.69, 9.17) is 4.42 Å². The summed E-state index contributed by atoms with van der Waals surface area (Å²) in [5.74, 6) is 1.22. The molecule has 1 heterocycles. The number of aromatic nitrogens is 1. The molecule has 0 amide bonds. The van der Waals surface area contributed by atoms with Crippen LogP contribution in [-0.4, -0.2) is 11.0 Å². The highest BCUT2D eigenvalue weighted by Crippen LogP contribution is 2.35. The fourth-order valence-electron chi connectivity index (χ4n) is 2.60. The maximum Gasteiger partial charge on any atom is 0.417 e. The quantitative estimate of drug-likeness (QED) is 0.875. The lowest BCUT2D eigenvalue weighted by Crippen LogP contribution is -2.37. The molecule has 0 radical (unpaired) electrons. The van der Waals surface area contributed by atoms with Crippen LogP contribution in [0.25, 0.3) is 11.1 Å². The second-order valence-electron chi connectivity index (χ2n) is 5.54. The van der Waals surface area contributed by atoms with Gasteiger partial charge in [0.15, 0.2) is 5.58 Å². The van der Waals surface area contributed by atoms with Crippen molar-refractivity contribution < 1.29 is 4.42 Å². The average molecular weight is 246 g/mol. The van der Waals surface area contributed by atoms with E-state index >= 15 is 0 Å². The molecule has 18 heavy (non-hydrogen) atoms. The molecule has 0 spiro atoms. The smallest absolute Gasteiger partial charge is 0.408 e. The fourth-order valence-corrected chi connectivity index (χ4v) is 2.60. The monoisotopic (exact) mass is 246 g/mol. The Labute approximate surface area is 105 Å². The predicted octanol–water partition coefficient (Wildman–Crippen LogP) is 2.97. The van der Waals surface area contributed by atoms with Gasteiger partial charge in [-0.2, -0.15) is 0 Å². The van der Waals surface area contributed by atoms with Gasteiger partial charge in [0.1, 0.15) is 0 Å². The molecule has 4 heteroatoms. The SMILES string of the molecule is CC(C)C1CC(Nc2ccc3oc(=O)[nH]c3c2)C1. The van der Waals surface area contributed by atoms with Gasteiger partial charge in [0.05, 0.1) is 5.52 Å². The zero-order valence-corrected chi connectivity index (χ0v) is 10.7. The van der Waals surface area contributed by atoms with Gasteiger partial charge in [0, 0.05) is 11.7 Å². The summed E-state index contributed by atoms with van der Waals surface area (Å²) >= 11 is 0. The lowest BCUT2D eigenvalue weighted by atomic mass is 9.73. The van der Waals surface area contributed by atoms with Gasteiger partial charge < -0.3 is 9.73 Å². The highest BCUT2D eigenvalue weighted by Gasteiger charge is 2.30. The second kappa shape index (κ2) is 4.19. The van der Waals surface area contributed by atoms with E-state index in [1.165, 1.54) is 12.8 Å². The van der Waals surface area contributed by atoms with E-state index in [0.29, 0.717) is 11.6 Å². The molecule has 1 fully saturated rings. The molecule has 0 atom stereocenters. The Morgan fingerprint density at radius 3 is 2.89 bits per heavy atom. The second-order valence-corrected chi connectivity index (χ2v) is 5.54. The highest BCUT2D eigenvalue weighted by molar-refractivity contribution is 5.76. The topological polar surface area (TPSA) is 58.0 Å². The van der Waals surface area contributed by atoms with Gasteiger partial charge in [-0.25, -0.2) is 4.79 Å². The zero-order chi connectivity index (χ0) is 12.7. The normalized spacial score (nSPS) is 23.3. The fraction of sp³-hybridized carbons (Fsp3) is 0.500. The van der Waals surface area contributed by atoms with Crippen molar-refractivity contribution in [1.29, 1.82) is 0 Å². The molecule has 1 aromatic heterocycles. The minimum absolute atomic E-state index is 0.398. The molecule has 1 saturated carbocycles. The summed E-state index contributed by atoms with van der Waals surface area (Å²) < 4.78 is 4.98. The lowest BCUT2D eigenvalue weighted by Gasteiger charge is -2.39. The average Bonchev–Trinajstić information content (AvgIpc) is 2.61. The summed E-state index contributed by atoms with van der Waals surface area (Å²) in [5, 5.41) is 3.50. The number of nitrogens with one attached hydrogen (secondary N) is 2. The Hall–Kier alpha value is -1.71. The van der Waals surface area contributed by atoms with E-state index in [-0.39, 0.29) is 0 Å². The third-order valence-electron chi connectivity index (χ3n) is 3.91. The van der Waals surface area contributed by atoms with Crippen LogP contribution in [0, 0.1) is 11.8 Å². The first-order valence-electron chi connectivity index (χ1n) is 6.51. The Morgan fingerprint density at radius 1 is 1.39 bits per heavy atom. The summed E-state index contributed by atoms with van der Waals surface area (Å²) in [4.78, 5) is 13.7. The number of oxazole rings is 1. The Kier molecular flexibility index (Phi) is 2.65. The third kappa shape index (κ3) is 2.03. The van der Waals surface area contributed by atoms with Crippen LogP contribution in [0.1, 0.15) is 26.7 Å². The number of hydrogen-bond donors (Lipinski definition) is 2. The molecule has 0 saturated heterocycles. The van der Waals surface area contributed by atoms with Gasteiger partial charge in [0.25, 0.3) is 0 Å². The number of rotatable bonds is 3. The molecule has 96 valence electrons. The Bertz CT molecular complexity index is 606. The van der Waals surface area contributed by atoms with Crippen LogP contribution < -0.4 is 11.1 Å². The standard InChI is InChI=1S/C14H18N2O2/c1-8(2)9-5-11(6-9)15-10-3-4-13-12(7-10)16-14(17)18-13/h3-4,7-9,11,15H,5-6H2,1-2H3,(H,16,17). The lowest BCUT2D eigenvalue weighted by molar-refractivity contribution is 0.212. The van der Waals surface area contributed by atoms with Crippen molar-refractivity contribution in [2.45, 2.75) is 32.7 Å². The van der Waals surface area contributed by atoms with Gasteiger partial charge in [-0.15, -0.1) is 0 Å². The first kappa shape index (κ1) is 11.4. The molecule has 3 rings (SSSR count). The number of benzene rings is 1. The minimum atomic E-state index is -0.398. The first-order chi connectivity index (χ1) is 8.61. The molecule has 2 N–H and O–H groups in total. The number of anilines is 1. The minimum Gasteiger partial charge on any atom is -0.408 e. The molecule has 0 aliphatic heterocycles. The van der Waals surface area contributed by atoms with Crippen molar-refractivity contribution in [3.8, 4) is 0 Å². The number of H-pyrrole nitrogens is 1. The molecule has 2 aromatic rings. The summed E-state index contributed by atoms with van der Waals surface area (Å²) in [7, 11) is 0. The van der Waals surface area contributed by atoms with Gasteiger partial charge in [-0.05, 0) is 42.9 Å². The molecular formula is C14H18N2O2. The van der Waals surface area contributed by atoms with Gasteiger partial charge in [-0.1, -0.05) is 13.8 Å². The van der Waals surface area contributed by atoms with Crippen LogP contribution in [0.5, 0.6) is 0 Å². The third-order valence-corrected chi connectivity index (χ3v) is 3.91. The molecule has 1 aliphatic rings. The van der Waals surface area contributed by atoms with Crippen molar-refractivity contribution in [1.82, 2.24) is 4.98 Å². The molecular weight excluding hydrogens is 228 g/mol. The van der Waals surface area contributed by atoms with E-state index in [9.17, 15) is 4.79 Å². The van der Waals surface area contributed by atoms with Crippen molar-refractivity contribution in [2.75, 3.05) is 5.32 Å². The van der Waals surface area contributed by atoms with Crippen LogP contribution in [-0.2, 0) is 0 Å². The van der Waals surface area contributed by atoms with Crippen LogP contribution in [0.2, 0.25) is 0 Å². The van der Waals surface area contributed by atoms with Crippen molar-refractivity contribution in [3.05, 3.63) is 28.7 Å². The maximum absolute atomic E-state index is 11.1. The molecule has 1 aromatic carbocycles. The number of hydrogen-bond acceptors (Lipinski definition) is 3. The molecule has 0 bridgehead atoms. The zero-order valence-electron chi connectivity index (χ0n) is 10.7. The van der Waals surface area contributed by atoms with E-state index < -0.39 is 5.76 Å². The van der Waals surface area contributed by atoms with Crippen molar-refractivity contribution in [2.24, 2.45) is 11.8 Å². The Balaban J connectivity index is 1.70. The van der Waals surface area contributed by atoms with E-state index in [1.807, 2.05) is 18.2 Å². The first-order valence-corrected chi connectivity index (χ1v) is 6.51. The van der Waals surface area contributed by atoms with Gasteiger partial charge >= 0.3 is 5.76 Å². The van der Waals surface area contributed by atoms with Crippen LogP contribution in [0.3, 0.4) is 0 Å². The van der Waals surface area contributed by atoms with E-state index in [0.717, 1.165) is 23.0 Å². The summed E-state index contributed by atoms with van der Waals surface area (Å²) in [5.41, 5.74) is 2.41. The highest BCUT2D eigenvalue weighted by atomic mass is 16.4. The maximum atomic E-state index is 11.1. The molecule has 0 unspecified atom stereocenters. The van der Waals surface area contributed by atoms with E-state index in [2.05, 4.69) is 24.1 Å². The van der Waals surface area contributed by atoms with Crippen molar-refractivity contribution in [3.63, 3.8) is 0 Å². The van der Waals surface area contributed by atoms with Crippen molar-refractivity contribution >= 4 is 16.8 Å².